The SMILES string of the molecule is CCCCCCCC[C@H](NC(=O)c1ccc2ccccc2n1)C(=O)O. The molecule has 2 rings (SSSR count). The van der Waals surface area contributed by atoms with E-state index in [1.54, 1.807) is 6.07 Å². The van der Waals surface area contributed by atoms with Crippen molar-refractivity contribution in [2.75, 3.05) is 0 Å². The number of hydrogen-bond donors (Lipinski definition) is 2. The van der Waals surface area contributed by atoms with Crippen LogP contribution in [0.1, 0.15) is 62.4 Å². The fourth-order valence-corrected chi connectivity index (χ4v) is 2.81. The molecule has 5 heteroatoms. The van der Waals surface area contributed by atoms with Gasteiger partial charge in [0.05, 0.1) is 5.52 Å². The molecule has 0 spiro atoms. The van der Waals surface area contributed by atoms with E-state index >= 15 is 0 Å². The van der Waals surface area contributed by atoms with Gasteiger partial charge in [0.1, 0.15) is 11.7 Å². The number of rotatable bonds is 10. The number of aromatic nitrogens is 1. The van der Waals surface area contributed by atoms with E-state index in [4.69, 9.17) is 0 Å². The van der Waals surface area contributed by atoms with Crippen LogP contribution in [0.25, 0.3) is 10.9 Å². The number of carbonyl (C=O) groups is 2. The minimum absolute atomic E-state index is 0.243. The molecule has 1 aromatic heterocycles. The van der Waals surface area contributed by atoms with Crippen LogP contribution < -0.4 is 5.32 Å². The van der Waals surface area contributed by atoms with E-state index in [2.05, 4.69) is 17.2 Å². The van der Waals surface area contributed by atoms with Gasteiger partial charge >= 0.3 is 5.97 Å². The molecule has 0 saturated heterocycles. The zero-order valence-corrected chi connectivity index (χ0v) is 14.7. The Morgan fingerprint density at radius 1 is 1.04 bits per heavy atom. The molecule has 2 aromatic rings. The van der Waals surface area contributed by atoms with Crippen molar-refractivity contribution in [2.24, 2.45) is 0 Å². The fraction of sp³-hybridized carbons (Fsp3) is 0.450. The van der Waals surface area contributed by atoms with E-state index in [9.17, 15) is 14.7 Å². The van der Waals surface area contributed by atoms with Gasteiger partial charge in [-0.25, -0.2) is 9.78 Å². The first-order valence-electron chi connectivity index (χ1n) is 9.01. The third-order valence-electron chi connectivity index (χ3n) is 4.28. The summed E-state index contributed by atoms with van der Waals surface area (Å²) in [5.74, 6) is -1.44. The number of pyridine rings is 1. The number of aliphatic carboxylic acids is 1. The van der Waals surface area contributed by atoms with Crippen LogP contribution in [0.5, 0.6) is 0 Å². The Balaban J connectivity index is 1.91. The van der Waals surface area contributed by atoms with Crippen LogP contribution >= 0.6 is 0 Å². The average molecular weight is 342 g/mol. The topological polar surface area (TPSA) is 79.3 Å². The van der Waals surface area contributed by atoms with Crippen molar-refractivity contribution in [3.8, 4) is 0 Å². The van der Waals surface area contributed by atoms with Crippen LogP contribution in [0.15, 0.2) is 36.4 Å². The molecule has 134 valence electrons. The van der Waals surface area contributed by atoms with Crippen molar-refractivity contribution in [1.29, 1.82) is 0 Å². The molecule has 25 heavy (non-hydrogen) atoms. The molecule has 0 aliphatic heterocycles. The highest BCUT2D eigenvalue weighted by Gasteiger charge is 2.20. The van der Waals surface area contributed by atoms with Crippen LogP contribution in [-0.2, 0) is 4.79 Å². The summed E-state index contributed by atoms with van der Waals surface area (Å²) in [6.07, 6.45) is 6.93. The maximum Gasteiger partial charge on any atom is 0.326 e. The van der Waals surface area contributed by atoms with Crippen molar-refractivity contribution in [2.45, 2.75) is 57.9 Å². The number of benzene rings is 1. The van der Waals surface area contributed by atoms with Gasteiger partial charge in [-0.2, -0.15) is 0 Å². The van der Waals surface area contributed by atoms with Crippen LogP contribution in [0.2, 0.25) is 0 Å². The molecular weight excluding hydrogens is 316 g/mol. The van der Waals surface area contributed by atoms with Gasteiger partial charge in [-0.1, -0.05) is 69.7 Å². The zero-order valence-electron chi connectivity index (χ0n) is 14.7. The van der Waals surface area contributed by atoms with Crippen LogP contribution in [0.4, 0.5) is 0 Å². The Bertz CT molecular complexity index is 715. The van der Waals surface area contributed by atoms with Gasteiger partial charge in [-0.15, -0.1) is 0 Å². The molecule has 0 radical (unpaired) electrons. The summed E-state index contributed by atoms with van der Waals surface area (Å²) < 4.78 is 0. The fourth-order valence-electron chi connectivity index (χ4n) is 2.81. The first-order valence-corrected chi connectivity index (χ1v) is 9.01. The number of carboxylic acid groups (broad SMARTS) is 1. The number of hydrogen-bond acceptors (Lipinski definition) is 3. The third kappa shape index (κ3) is 5.85. The minimum Gasteiger partial charge on any atom is -0.480 e. The Hall–Kier alpha value is -2.43. The molecule has 0 aliphatic rings. The summed E-state index contributed by atoms with van der Waals surface area (Å²) in [7, 11) is 0. The predicted octanol–water partition coefficient (Wildman–Crippen LogP) is 4.17. The summed E-state index contributed by atoms with van der Waals surface area (Å²) in [5.41, 5.74) is 0.964. The lowest BCUT2D eigenvalue weighted by molar-refractivity contribution is -0.139. The van der Waals surface area contributed by atoms with Crippen LogP contribution in [-0.4, -0.2) is 28.0 Å². The lowest BCUT2D eigenvalue weighted by atomic mass is 10.1. The van der Waals surface area contributed by atoms with Gasteiger partial charge in [0, 0.05) is 5.39 Å². The molecule has 0 aliphatic carbocycles. The van der Waals surface area contributed by atoms with Gasteiger partial charge in [0.2, 0.25) is 0 Å². The zero-order chi connectivity index (χ0) is 18.1. The van der Waals surface area contributed by atoms with E-state index in [0.717, 1.165) is 30.2 Å². The molecular formula is C20H26N2O3. The van der Waals surface area contributed by atoms with Crippen molar-refractivity contribution in [3.05, 3.63) is 42.1 Å². The van der Waals surface area contributed by atoms with Crippen molar-refractivity contribution >= 4 is 22.8 Å². The molecule has 2 N–H and O–H groups in total. The number of nitrogens with one attached hydrogen (secondary N) is 1. The van der Waals surface area contributed by atoms with Gasteiger partial charge in [0.25, 0.3) is 5.91 Å². The number of fused-ring (bicyclic) bond motifs is 1. The van der Waals surface area contributed by atoms with E-state index in [0.29, 0.717) is 6.42 Å². The lowest BCUT2D eigenvalue weighted by Crippen LogP contribution is -2.41. The van der Waals surface area contributed by atoms with Crippen LogP contribution in [0, 0.1) is 0 Å². The Morgan fingerprint density at radius 3 is 2.52 bits per heavy atom. The Morgan fingerprint density at radius 2 is 1.76 bits per heavy atom. The minimum atomic E-state index is -0.998. The highest BCUT2D eigenvalue weighted by molar-refractivity contribution is 5.96. The Labute approximate surface area is 148 Å². The summed E-state index contributed by atoms with van der Waals surface area (Å²) in [6, 6.07) is 10.1. The second-order valence-electron chi connectivity index (χ2n) is 6.31. The number of amides is 1. The first-order chi connectivity index (χ1) is 12.1. The number of carboxylic acids is 1. The first kappa shape index (κ1) is 18.9. The largest absolute Gasteiger partial charge is 0.480 e. The normalized spacial score (nSPS) is 12.0. The monoisotopic (exact) mass is 342 g/mol. The maximum atomic E-state index is 12.3. The smallest absolute Gasteiger partial charge is 0.326 e. The van der Waals surface area contributed by atoms with Gasteiger partial charge in [0.15, 0.2) is 0 Å². The quantitative estimate of drug-likeness (QED) is 0.635. The molecule has 1 amide bonds. The maximum absolute atomic E-state index is 12.3. The van der Waals surface area contributed by atoms with Gasteiger partial charge in [-0.3, -0.25) is 4.79 Å². The van der Waals surface area contributed by atoms with E-state index < -0.39 is 17.9 Å². The number of nitrogens with zero attached hydrogens (tertiary/aromatic N) is 1. The lowest BCUT2D eigenvalue weighted by Gasteiger charge is -2.14. The van der Waals surface area contributed by atoms with E-state index in [-0.39, 0.29) is 5.69 Å². The number of para-hydroxylation sites is 1. The number of unbranched alkanes of at least 4 members (excludes halogenated alkanes) is 5. The highest BCUT2D eigenvalue weighted by Crippen LogP contribution is 2.13. The van der Waals surface area contributed by atoms with Gasteiger partial charge < -0.3 is 10.4 Å². The summed E-state index contributed by atoms with van der Waals surface area (Å²) in [6.45, 7) is 2.16. The second kappa shape index (κ2) is 9.77. The Kier molecular flexibility index (Phi) is 7.38. The standard InChI is InChI=1S/C20H26N2O3/c1-2-3-4-5-6-7-12-18(20(24)25)22-19(23)17-14-13-15-10-8-9-11-16(15)21-17/h8-11,13-14,18H,2-7,12H2,1H3,(H,22,23)(H,24,25)/t18-/m0/s1. The molecule has 5 nitrogen and oxygen atoms in total. The summed E-state index contributed by atoms with van der Waals surface area (Å²) in [5, 5.41) is 12.9. The second-order valence-corrected chi connectivity index (χ2v) is 6.31. The number of carbonyl (C=O) groups excluding carboxylic acids is 1. The predicted molar refractivity (Wildman–Crippen MR) is 98.6 cm³/mol. The molecule has 1 atom stereocenters. The van der Waals surface area contributed by atoms with E-state index in [1.165, 1.54) is 19.3 Å². The van der Waals surface area contributed by atoms with Crippen molar-refractivity contribution < 1.29 is 14.7 Å². The molecule has 0 bridgehead atoms. The summed E-state index contributed by atoms with van der Waals surface area (Å²) in [4.78, 5) is 28.1. The average Bonchev–Trinajstić information content (AvgIpc) is 2.62. The van der Waals surface area contributed by atoms with Crippen LogP contribution in [0.3, 0.4) is 0 Å². The molecule has 1 aromatic carbocycles. The molecule has 1 heterocycles. The molecule has 0 fully saturated rings. The highest BCUT2D eigenvalue weighted by atomic mass is 16.4. The van der Waals surface area contributed by atoms with Crippen molar-refractivity contribution in [1.82, 2.24) is 10.3 Å². The van der Waals surface area contributed by atoms with E-state index in [1.807, 2.05) is 30.3 Å². The third-order valence-corrected chi connectivity index (χ3v) is 4.28. The molecule has 0 unspecified atom stereocenters. The molecule has 0 saturated carbocycles. The van der Waals surface area contributed by atoms with Gasteiger partial charge in [-0.05, 0) is 18.6 Å². The van der Waals surface area contributed by atoms with Crippen molar-refractivity contribution in [3.63, 3.8) is 0 Å². The summed E-state index contributed by atoms with van der Waals surface area (Å²) >= 11 is 0.